The third-order valence-electron chi connectivity index (χ3n) is 8.39. The van der Waals surface area contributed by atoms with E-state index < -0.39 is 70.8 Å². The Morgan fingerprint density at radius 3 is 1.35 bits per heavy atom. The Morgan fingerprint density at radius 2 is 0.950 bits per heavy atom. The number of carbonyl (C=O) groups excluding carboxylic acids is 9. The van der Waals surface area contributed by atoms with Crippen molar-refractivity contribution in [3.8, 4) is 0 Å². The molecular formula is C43H34FN3O13. The van der Waals surface area contributed by atoms with Crippen molar-refractivity contribution in [2.45, 2.75) is 52.7 Å². The number of imide groups is 2. The molecule has 2 heterocycles. The minimum absolute atomic E-state index is 0.0109. The Balaban J connectivity index is 1.19. The van der Waals surface area contributed by atoms with Gasteiger partial charge in [-0.05, 0) is 126 Å². The molecule has 0 aromatic heterocycles. The van der Waals surface area contributed by atoms with Gasteiger partial charge in [-0.15, -0.1) is 0 Å². The summed E-state index contributed by atoms with van der Waals surface area (Å²) in [7, 11) is 0. The fourth-order valence-corrected chi connectivity index (χ4v) is 5.74. The molecule has 2 aliphatic rings. The molecule has 0 aliphatic carbocycles. The fraction of sp³-hybridized carbons (Fsp3) is 0.186. The summed E-state index contributed by atoms with van der Waals surface area (Å²) in [6.45, 7) is 9.52. The van der Waals surface area contributed by atoms with Crippen molar-refractivity contribution in [2.24, 2.45) is 0 Å². The third-order valence-corrected chi connectivity index (χ3v) is 8.39. The van der Waals surface area contributed by atoms with Crippen molar-refractivity contribution in [1.29, 1.82) is 0 Å². The zero-order valence-electron chi connectivity index (χ0n) is 32.7. The highest BCUT2D eigenvalue weighted by Gasteiger charge is 2.36. The van der Waals surface area contributed by atoms with Crippen LogP contribution in [0.15, 0.2) is 90.8 Å². The minimum atomic E-state index is -1.24. The minimum Gasteiger partial charge on any atom is -0.443 e. The van der Waals surface area contributed by atoms with E-state index in [0.717, 1.165) is 18.2 Å². The van der Waals surface area contributed by atoms with Crippen LogP contribution in [0.5, 0.6) is 0 Å². The maximum atomic E-state index is 15.3. The lowest BCUT2D eigenvalue weighted by Gasteiger charge is -2.26. The smallest absolute Gasteiger partial charge is 0.422 e. The van der Waals surface area contributed by atoms with E-state index in [1.54, 1.807) is 41.5 Å². The molecule has 17 heteroatoms. The van der Waals surface area contributed by atoms with Crippen LogP contribution in [0.4, 0.5) is 31.0 Å². The molecule has 4 aromatic carbocycles. The van der Waals surface area contributed by atoms with E-state index in [1.165, 1.54) is 72.8 Å². The number of fused-ring (bicyclic) bond motifs is 2. The molecule has 0 radical (unpaired) electrons. The molecule has 1 N–H and O–H groups in total. The summed E-state index contributed by atoms with van der Waals surface area (Å²) < 4.78 is 35.3. The van der Waals surface area contributed by atoms with E-state index in [9.17, 15) is 43.2 Å². The zero-order chi connectivity index (χ0) is 43.8. The van der Waals surface area contributed by atoms with Crippen LogP contribution in [-0.4, -0.2) is 65.0 Å². The Morgan fingerprint density at radius 1 is 0.567 bits per heavy atom. The third kappa shape index (κ3) is 8.99. The SMILES string of the molecule is CC(C)(C)OC(=O)N(C(=O)c1ccc2c(c1)C(=O)OC2=O)c1ccc(/C=C(\F)C(=O)Nc2ccc(N(C(=O)OC(C)(C)C)C(=O)c3ccc4c(c3)C(=O)OC4=O)cc2)cc1. The largest absolute Gasteiger partial charge is 0.443 e. The highest BCUT2D eigenvalue weighted by molar-refractivity contribution is 6.23. The first-order valence-corrected chi connectivity index (χ1v) is 17.9. The number of rotatable bonds is 7. The summed E-state index contributed by atoms with van der Waals surface area (Å²) in [5, 5.41) is 2.36. The van der Waals surface area contributed by atoms with Gasteiger partial charge in [0.25, 0.3) is 17.7 Å². The second-order valence-corrected chi connectivity index (χ2v) is 15.2. The van der Waals surface area contributed by atoms with Crippen LogP contribution in [0.3, 0.4) is 0 Å². The van der Waals surface area contributed by atoms with E-state index in [1.807, 2.05) is 0 Å². The topological polar surface area (TPSA) is 209 Å². The van der Waals surface area contributed by atoms with Crippen molar-refractivity contribution in [3.05, 3.63) is 130 Å². The molecule has 0 saturated carbocycles. The van der Waals surface area contributed by atoms with E-state index >= 15 is 4.39 Å². The standard InChI is InChI=1S/C43H34FN3O13/c1-42(2,3)59-40(55)46(34(49)23-9-17-28-30(20-23)38(53)57-36(28)51)26-13-7-22(8-14-26)19-32(44)33(48)45-25-11-15-27(16-12-25)47(41(56)60-43(4,5)6)35(50)24-10-18-29-31(21-24)39(54)58-37(29)52/h7-21H,1-6H3,(H,45,48)/b32-19-. The van der Waals surface area contributed by atoms with Crippen LogP contribution in [-0.2, 0) is 23.7 Å². The number of amides is 5. The molecule has 0 spiro atoms. The molecule has 5 amide bonds. The lowest BCUT2D eigenvalue weighted by atomic mass is 10.0. The van der Waals surface area contributed by atoms with E-state index in [2.05, 4.69) is 14.8 Å². The molecule has 2 aliphatic heterocycles. The quantitative estimate of drug-likeness (QED) is 0.0834. The van der Waals surface area contributed by atoms with Crippen LogP contribution < -0.4 is 15.1 Å². The molecule has 0 fully saturated rings. The first kappa shape index (κ1) is 41.8. The van der Waals surface area contributed by atoms with Gasteiger partial charge in [-0.2, -0.15) is 0 Å². The van der Waals surface area contributed by atoms with Crippen LogP contribution in [0, 0.1) is 0 Å². The van der Waals surface area contributed by atoms with Crippen molar-refractivity contribution >= 4 is 76.9 Å². The summed E-state index contributed by atoms with van der Waals surface area (Å²) in [6, 6.07) is 17.6. The van der Waals surface area contributed by atoms with Crippen molar-refractivity contribution in [3.63, 3.8) is 0 Å². The monoisotopic (exact) mass is 819 g/mol. The predicted octanol–water partition coefficient (Wildman–Crippen LogP) is 7.42. The number of ether oxygens (including phenoxy) is 4. The average molecular weight is 820 g/mol. The first-order valence-electron chi connectivity index (χ1n) is 17.9. The second-order valence-electron chi connectivity index (χ2n) is 15.2. The number of anilines is 3. The zero-order valence-corrected chi connectivity index (χ0v) is 32.7. The van der Waals surface area contributed by atoms with Gasteiger partial charge in [0.2, 0.25) is 0 Å². The molecule has 4 aromatic rings. The average Bonchev–Trinajstić information content (AvgIpc) is 3.62. The molecule has 0 saturated heterocycles. The number of hydrogen-bond acceptors (Lipinski definition) is 13. The Kier molecular flexibility index (Phi) is 11.0. The van der Waals surface area contributed by atoms with Gasteiger partial charge in [-0.1, -0.05) is 12.1 Å². The molecule has 6 rings (SSSR count). The molecule has 0 atom stereocenters. The molecule has 16 nitrogen and oxygen atoms in total. The molecular weight excluding hydrogens is 785 g/mol. The number of nitrogens with zero attached hydrogens (tertiary/aromatic N) is 2. The van der Waals surface area contributed by atoms with Crippen molar-refractivity contribution < 1.29 is 66.5 Å². The van der Waals surface area contributed by atoms with Gasteiger partial charge < -0.3 is 24.3 Å². The van der Waals surface area contributed by atoms with E-state index in [0.29, 0.717) is 9.80 Å². The number of carbonyl (C=O) groups is 9. The summed E-state index contributed by atoms with van der Waals surface area (Å²) in [4.78, 5) is 116. The normalized spacial score (nSPS) is 13.4. The molecule has 0 bridgehead atoms. The van der Waals surface area contributed by atoms with Gasteiger partial charge in [0.15, 0.2) is 5.83 Å². The van der Waals surface area contributed by atoms with Crippen LogP contribution in [0.2, 0.25) is 0 Å². The highest BCUT2D eigenvalue weighted by atomic mass is 19.1. The second kappa shape index (κ2) is 15.8. The summed E-state index contributed by atoms with van der Waals surface area (Å²) in [5.41, 5.74) is -2.54. The Labute approximate surface area is 340 Å². The van der Waals surface area contributed by atoms with Gasteiger partial charge in [0.05, 0.1) is 33.6 Å². The van der Waals surface area contributed by atoms with Crippen LogP contribution in [0.25, 0.3) is 6.08 Å². The van der Waals surface area contributed by atoms with Crippen LogP contribution in [0.1, 0.15) is 109 Å². The maximum absolute atomic E-state index is 15.3. The summed E-state index contributed by atoms with van der Waals surface area (Å²) >= 11 is 0. The molecule has 0 unspecified atom stereocenters. The van der Waals surface area contributed by atoms with E-state index in [4.69, 9.17) is 9.47 Å². The Hall–Kier alpha value is -7.82. The fourth-order valence-electron chi connectivity index (χ4n) is 5.74. The lowest BCUT2D eigenvalue weighted by molar-refractivity contribution is -0.114. The predicted molar refractivity (Wildman–Crippen MR) is 209 cm³/mol. The first-order chi connectivity index (χ1) is 28.1. The number of esters is 4. The van der Waals surface area contributed by atoms with E-state index in [-0.39, 0.29) is 56.0 Å². The van der Waals surface area contributed by atoms with Crippen molar-refractivity contribution in [1.82, 2.24) is 0 Å². The van der Waals surface area contributed by atoms with Gasteiger partial charge in [0, 0.05) is 16.8 Å². The number of halogens is 1. The van der Waals surface area contributed by atoms with Gasteiger partial charge >= 0.3 is 36.1 Å². The number of cyclic esters (lactones) is 4. The Bertz CT molecular complexity index is 2570. The van der Waals surface area contributed by atoms with Crippen LogP contribution >= 0.6 is 0 Å². The highest BCUT2D eigenvalue weighted by Crippen LogP contribution is 2.29. The van der Waals surface area contributed by atoms with Gasteiger partial charge in [0.1, 0.15) is 11.2 Å². The number of nitrogens with one attached hydrogen (secondary N) is 1. The number of benzene rings is 4. The maximum Gasteiger partial charge on any atom is 0.422 e. The molecule has 306 valence electrons. The summed E-state index contributed by atoms with van der Waals surface area (Å²) in [6.07, 6.45) is -1.26. The van der Waals surface area contributed by atoms with Gasteiger partial charge in [-0.3, -0.25) is 14.4 Å². The molecule has 60 heavy (non-hydrogen) atoms. The summed E-state index contributed by atoms with van der Waals surface area (Å²) in [5.74, 6) is -7.90. The van der Waals surface area contributed by atoms with Gasteiger partial charge in [-0.25, -0.2) is 43.0 Å². The lowest BCUT2D eigenvalue weighted by Crippen LogP contribution is -2.41. The number of hydrogen-bond donors (Lipinski definition) is 1. The van der Waals surface area contributed by atoms with Crippen molar-refractivity contribution in [2.75, 3.05) is 15.1 Å².